The molecule has 0 radical (unpaired) electrons. The van der Waals surface area contributed by atoms with E-state index in [4.69, 9.17) is 5.11 Å². The maximum atomic E-state index is 9.08. The number of imidazole rings is 1. The normalized spacial score (nSPS) is 14.8. The highest BCUT2D eigenvalue weighted by molar-refractivity contribution is 5.77. The lowest BCUT2D eigenvalue weighted by molar-refractivity contribution is 0.251. The van der Waals surface area contributed by atoms with Crippen molar-refractivity contribution < 1.29 is 5.11 Å². The molecule has 0 aliphatic carbocycles. The van der Waals surface area contributed by atoms with Gasteiger partial charge in [-0.3, -0.25) is 0 Å². The first kappa shape index (κ1) is 11.9. The minimum atomic E-state index is -0.122. The number of aromatic nitrogens is 2. The van der Waals surface area contributed by atoms with E-state index >= 15 is 0 Å². The van der Waals surface area contributed by atoms with Crippen molar-refractivity contribution in [3.8, 4) is 0 Å². The van der Waals surface area contributed by atoms with Crippen molar-refractivity contribution in [1.82, 2.24) is 9.97 Å². The molecule has 0 aliphatic heterocycles. The molecular formula is C13H19N3O. The minimum Gasteiger partial charge on any atom is -0.396 e. The number of H-pyrrole nitrogens is 1. The highest BCUT2D eigenvalue weighted by Gasteiger charge is 2.22. The average molecular weight is 233 g/mol. The molecule has 1 unspecified atom stereocenters. The number of hydrogen-bond donors (Lipinski definition) is 3. The number of aliphatic hydroxyl groups is 1. The van der Waals surface area contributed by atoms with E-state index in [-0.39, 0.29) is 12.1 Å². The van der Waals surface area contributed by atoms with Gasteiger partial charge in [-0.25, -0.2) is 4.98 Å². The maximum absolute atomic E-state index is 9.08. The van der Waals surface area contributed by atoms with E-state index in [0.29, 0.717) is 6.42 Å². The zero-order chi connectivity index (χ0) is 12.3. The van der Waals surface area contributed by atoms with Gasteiger partial charge in [0.15, 0.2) is 0 Å². The molecule has 0 spiro atoms. The molecular weight excluding hydrogens is 214 g/mol. The summed E-state index contributed by atoms with van der Waals surface area (Å²) in [7, 11) is 0. The summed E-state index contributed by atoms with van der Waals surface area (Å²) >= 11 is 0. The molecule has 4 nitrogen and oxygen atoms in total. The fourth-order valence-corrected chi connectivity index (χ4v) is 1.87. The van der Waals surface area contributed by atoms with Crippen LogP contribution in [0.5, 0.6) is 0 Å². The number of nitrogens with zero attached hydrogens (tertiary/aromatic N) is 1. The molecule has 1 atom stereocenters. The summed E-state index contributed by atoms with van der Waals surface area (Å²) in [4.78, 5) is 7.72. The molecule has 0 saturated carbocycles. The molecule has 0 aliphatic rings. The molecule has 0 bridgehead atoms. The summed E-state index contributed by atoms with van der Waals surface area (Å²) in [6, 6.07) is 7.94. The van der Waals surface area contributed by atoms with Crippen LogP contribution in [0.4, 0.5) is 5.95 Å². The van der Waals surface area contributed by atoms with Crippen molar-refractivity contribution >= 4 is 17.0 Å². The topological polar surface area (TPSA) is 60.9 Å². The van der Waals surface area contributed by atoms with Crippen LogP contribution in [-0.4, -0.2) is 27.2 Å². The fourth-order valence-electron chi connectivity index (χ4n) is 1.87. The lowest BCUT2D eigenvalue weighted by Gasteiger charge is -2.28. The molecule has 92 valence electrons. The summed E-state index contributed by atoms with van der Waals surface area (Å²) < 4.78 is 0. The lowest BCUT2D eigenvalue weighted by atomic mass is 9.95. The summed E-state index contributed by atoms with van der Waals surface area (Å²) in [5.74, 6) is 0.768. The van der Waals surface area contributed by atoms with Gasteiger partial charge in [-0.05, 0) is 31.9 Å². The Labute approximate surface area is 101 Å². The van der Waals surface area contributed by atoms with Gasteiger partial charge in [-0.2, -0.15) is 0 Å². The van der Waals surface area contributed by atoms with Crippen LogP contribution in [0.25, 0.3) is 11.0 Å². The number of hydrogen-bond acceptors (Lipinski definition) is 3. The maximum Gasteiger partial charge on any atom is 0.201 e. The second-order valence-electron chi connectivity index (χ2n) is 4.62. The lowest BCUT2D eigenvalue weighted by Crippen LogP contribution is -2.35. The Kier molecular flexibility index (Phi) is 3.33. The SMILES string of the molecule is CCC(C)(CCO)Nc1nc2ccccc2[nH]1. The van der Waals surface area contributed by atoms with Gasteiger partial charge in [0.1, 0.15) is 0 Å². The summed E-state index contributed by atoms with van der Waals surface area (Å²) in [6.45, 7) is 4.37. The van der Waals surface area contributed by atoms with Gasteiger partial charge < -0.3 is 15.4 Å². The van der Waals surface area contributed by atoms with Crippen LogP contribution >= 0.6 is 0 Å². The van der Waals surface area contributed by atoms with Crippen LogP contribution < -0.4 is 5.32 Å². The Balaban J connectivity index is 2.22. The third-order valence-corrected chi connectivity index (χ3v) is 3.25. The number of aliphatic hydroxyl groups excluding tert-OH is 1. The van der Waals surface area contributed by atoms with Crippen LogP contribution in [0, 0.1) is 0 Å². The van der Waals surface area contributed by atoms with Crippen LogP contribution in [-0.2, 0) is 0 Å². The third-order valence-electron chi connectivity index (χ3n) is 3.25. The van der Waals surface area contributed by atoms with E-state index in [9.17, 15) is 0 Å². The first-order chi connectivity index (χ1) is 8.17. The van der Waals surface area contributed by atoms with Gasteiger partial charge in [0.2, 0.25) is 5.95 Å². The van der Waals surface area contributed by atoms with Gasteiger partial charge in [-0.1, -0.05) is 19.1 Å². The van der Waals surface area contributed by atoms with Crippen molar-refractivity contribution in [2.24, 2.45) is 0 Å². The number of anilines is 1. The molecule has 2 rings (SSSR count). The van der Waals surface area contributed by atoms with Crippen molar-refractivity contribution in [2.75, 3.05) is 11.9 Å². The number of benzene rings is 1. The van der Waals surface area contributed by atoms with Crippen LogP contribution in [0.2, 0.25) is 0 Å². The summed E-state index contributed by atoms with van der Waals surface area (Å²) in [5.41, 5.74) is 1.86. The molecule has 3 N–H and O–H groups in total. The summed E-state index contributed by atoms with van der Waals surface area (Å²) in [5, 5.41) is 12.4. The molecule has 0 fully saturated rings. The standard InChI is InChI=1S/C13H19N3O/c1-3-13(2,8-9-17)16-12-14-10-6-4-5-7-11(10)15-12/h4-7,17H,3,8-9H2,1-2H3,(H2,14,15,16). The van der Waals surface area contributed by atoms with Gasteiger partial charge in [-0.15, -0.1) is 0 Å². The van der Waals surface area contributed by atoms with Crippen molar-refractivity contribution in [2.45, 2.75) is 32.2 Å². The molecule has 0 amide bonds. The zero-order valence-electron chi connectivity index (χ0n) is 10.3. The predicted octanol–water partition coefficient (Wildman–Crippen LogP) is 2.53. The Bertz CT molecular complexity index is 461. The van der Waals surface area contributed by atoms with E-state index in [0.717, 1.165) is 23.4 Å². The van der Waals surface area contributed by atoms with Crippen LogP contribution in [0.3, 0.4) is 0 Å². The number of aromatic amines is 1. The van der Waals surface area contributed by atoms with Crippen molar-refractivity contribution in [3.05, 3.63) is 24.3 Å². The molecule has 17 heavy (non-hydrogen) atoms. The highest BCUT2D eigenvalue weighted by atomic mass is 16.3. The number of fused-ring (bicyclic) bond motifs is 1. The van der Waals surface area contributed by atoms with E-state index < -0.39 is 0 Å². The summed E-state index contributed by atoms with van der Waals surface area (Å²) in [6.07, 6.45) is 1.64. The first-order valence-electron chi connectivity index (χ1n) is 6.01. The monoisotopic (exact) mass is 233 g/mol. The van der Waals surface area contributed by atoms with Gasteiger partial charge in [0, 0.05) is 12.1 Å². The molecule has 1 aromatic carbocycles. The molecule has 2 aromatic rings. The van der Waals surface area contributed by atoms with Crippen molar-refractivity contribution in [3.63, 3.8) is 0 Å². The highest BCUT2D eigenvalue weighted by Crippen LogP contribution is 2.21. The Morgan fingerprint density at radius 3 is 2.82 bits per heavy atom. The van der Waals surface area contributed by atoms with Crippen LogP contribution in [0.15, 0.2) is 24.3 Å². The quantitative estimate of drug-likeness (QED) is 0.743. The molecule has 0 saturated heterocycles. The van der Waals surface area contributed by atoms with E-state index in [2.05, 4.69) is 29.1 Å². The molecule has 1 heterocycles. The van der Waals surface area contributed by atoms with Crippen LogP contribution in [0.1, 0.15) is 26.7 Å². The smallest absolute Gasteiger partial charge is 0.201 e. The number of nitrogens with one attached hydrogen (secondary N) is 2. The second kappa shape index (κ2) is 4.75. The third kappa shape index (κ3) is 2.58. The Morgan fingerprint density at radius 1 is 1.41 bits per heavy atom. The van der Waals surface area contributed by atoms with E-state index in [1.165, 1.54) is 0 Å². The number of para-hydroxylation sites is 2. The Hall–Kier alpha value is -1.55. The first-order valence-corrected chi connectivity index (χ1v) is 6.01. The molecule has 4 heteroatoms. The van der Waals surface area contributed by atoms with Gasteiger partial charge in [0.05, 0.1) is 11.0 Å². The van der Waals surface area contributed by atoms with Gasteiger partial charge >= 0.3 is 0 Å². The average Bonchev–Trinajstić information content (AvgIpc) is 2.71. The predicted molar refractivity (Wildman–Crippen MR) is 70.1 cm³/mol. The van der Waals surface area contributed by atoms with E-state index in [1.807, 2.05) is 24.3 Å². The largest absolute Gasteiger partial charge is 0.396 e. The van der Waals surface area contributed by atoms with Crippen molar-refractivity contribution in [1.29, 1.82) is 0 Å². The number of rotatable bonds is 5. The van der Waals surface area contributed by atoms with Gasteiger partial charge in [0.25, 0.3) is 0 Å². The second-order valence-corrected chi connectivity index (χ2v) is 4.62. The molecule has 1 aromatic heterocycles. The Morgan fingerprint density at radius 2 is 2.18 bits per heavy atom. The van der Waals surface area contributed by atoms with E-state index in [1.54, 1.807) is 0 Å². The fraction of sp³-hybridized carbons (Fsp3) is 0.462. The zero-order valence-corrected chi connectivity index (χ0v) is 10.3. The minimum absolute atomic E-state index is 0.122.